The van der Waals surface area contributed by atoms with Crippen molar-refractivity contribution in [1.29, 1.82) is 0 Å². The van der Waals surface area contributed by atoms with Gasteiger partial charge < -0.3 is 5.73 Å². The normalized spacial score (nSPS) is 17.8. The number of hydrogen-bond donors (Lipinski definition) is 1. The van der Waals surface area contributed by atoms with E-state index in [1.165, 1.54) is 29.5 Å². The summed E-state index contributed by atoms with van der Waals surface area (Å²) in [6, 6.07) is 6.93. The molecule has 0 unspecified atom stereocenters. The van der Waals surface area contributed by atoms with E-state index < -0.39 is 0 Å². The fraction of sp³-hybridized carbons (Fsp3) is 0.600. The molecule has 0 atom stereocenters. The molecule has 2 rings (SSSR count). The third-order valence-electron chi connectivity index (χ3n) is 3.71. The van der Waals surface area contributed by atoms with Crippen molar-refractivity contribution < 1.29 is 0 Å². The minimum absolute atomic E-state index is 0.125. The summed E-state index contributed by atoms with van der Waals surface area (Å²) < 4.78 is 0. The molecule has 0 aromatic heterocycles. The molecule has 0 heterocycles. The Hall–Kier alpha value is -0.820. The van der Waals surface area contributed by atoms with Crippen LogP contribution >= 0.6 is 0 Å². The monoisotopic (exact) mass is 217 g/mol. The minimum atomic E-state index is 0.125. The van der Waals surface area contributed by atoms with Crippen LogP contribution in [0.1, 0.15) is 56.2 Å². The number of hydrogen-bond acceptors (Lipinski definition) is 1. The van der Waals surface area contributed by atoms with Gasteiger partial charge in [-0.05, 0) is 48.3 Å². The molecule has 0 spiro atoms. The maximum absolute atomic E-state index is 6.23. The van der Waals surface area contributed by atoms with Crippen molar-refractivity contribution in [3.05, 3.63) is 34.9 Å². The molecule has 0 radical (unpaired) electrons. The van der Waals surface area contributed by atoms with E-state index in [-0.39, 0.29) is 5.54 Å². The van der Waals surface area contributed by atoms with Gasteiger partial charge in [0, 0.05) is 5.54 Å². The highest BCUT2D eigenvalue weighted by molar-refractivity contribution is 5.35. The Balaban J connectivity index is 2.27. The molecule has 0 saturated heterocycles. The molecule has 2 N–H and O–H groups in total. The summed E-state index contributed by atoms with van der Waals surface area (Å²) in [7, 11) is 0. The third kappa shape index (κ3) is 2.46. The van der Waals surface area contributed by atoms with Gasteiger partial charge in [0.05, 0.1) is 0 Å². The Labute approximate surface area is 99.0 Å². The molecule has 1 aromatic carbocycles. The van der Waals surface area contributed by atoms with Crippen LogP contribution in [0, 0.1) is 0 Å². The van der Waals surface area contributed by atoms with E-state index >= 15 is 0 Å². The van der Waals surface area contributed by atoms with Crippen molar-refractivity contribution >= 4 is 0 Å². The fourth-order valence-electron chi connectivity index (χ4n) is 2.23. The molecule has 0 aliphatic heterocycles. The quantitative estimate of drug-likeness (QED) is 0.822. The van der Waals surface area contributed by atoms with E-state index in [0.29, 0.717) is 5.92 Å². The number of rotatable bonds is 4. The van der Waals surface area contributed by atoms with Crippen LogP contribution in [-0.2, 0) is 12.8 Å². The van der Waals surface area contributed by atoms with Crippen molar-refractivity contribution in [3.8, 4) is 0 Å². The van der Waals surface area contributed by atoms with Crippen LogP contribution in [0.15, 0.2) is 18.2 Å². The van der Waals surface area contributed by atoms with Gasteiger partial charge in [0.15, 0.2) is 0 Å². The maximum Gasteiger partial charge on any atom is 0.0196 e. The lowest BCUT2D eigenvalue weighted by molar-refractivity contribution is 0.666. The van der Waals surface area contributed by atoms with Crippen LogP contribution in [0.25, 0.3) is 0 Å². The van der Waals surface area contributed by atoms with Crippen LogP contribution in [0.3, 0.4) is 0 Å². The molecule has 0 bridgehead atoms. The van der Waals surface area contributed by atoms with Crippen LogP contribution in [0.4, 0.5) is 0 Å². The summed E-state index contributed by atoms with van der Waals surface area (Å²) in [4.78, 5) is 0. The summed E-state index contributed by atoms with van der Waals surface area (Å²) in [5.41, 5.74) is 10.7. The molecule has 0 amide bonds. The molecule has 1 heteroatoms. The Kier molecular flexibility index (Phi) is 3.07. The van der Waals surface area contributed by atoms with E-state index in [1.807, 2.05) is 0 Å². The van der Waals surface area contributed by atoms with Crippen LogP contribution in [-0.4, -0.2) is 5.54 Å². The molecule has 1 aromatic rings. The van der Waals surface area contributed by atoms with E-state index in [2.05, 4.69) is 39.0 Å². The topological polar surface area (TPSA) is 26.0 Å². The number of nitrogens with two attached hydrogens (primary N) is 1. The molecular formula is C15H23N. The lowest BCUT2D eigenvalue weighted by Gasteiger charge is -2.15. The van der Waals surface area contributed by atoms with Crippen molar-refractivity contribution in [2.45, 2.75) is 57.9 Å². The summed E-state index contributed by atoms with van der Waals surface area (Å²) in [6.45, 7) is 6.73. The van der Waals surface area contributed by atoms with Gasteiger partial charge in [0.25, 0.3) is 0 Å². The highest BCUT2D eigenvalue weighted by Gasteiger charge is 2.38. The average Bonchev–Trinajstić information content (AvgIpc) is 2.96. The minimum Gasteiger partial charge on any atom is -0.325 e. The van der Waals surface area contributed by atoms with E-state index in [4.69, 9.17) is 5.73 Å². The number of aryl methyl sites for hydroxylation is 1. The Bertz CT molecular complexity index is 375. The van der Waals surface area contributed by atoms with Gasteiger partial charge in [0.1, 0.15) is 0 Å². The molecule has 1 aliphatic carbocycles. The highest BCUT2D eigenvalue weighted by Crippen LogP contribution is 2.37. The average molecular weight is 217 g/mol. The van der Waals surface area contributed by atoms with Gasteiger partial charge >= 0.3 is 0 Å². The first-order valence-corrected chi connectivity index (χ1v) is 6.44. The van der Waals surface area contributed by atoms with Crippen molar-refractivity contribution in [3.63, 3.8) is 0 Å². The molecule has 1 nitrogen and oxygen atoms in total. The smallest absolute Gasteiger partial charge is 0.0196 e. The lowest BCUT2D eigenvalue weighted by atomic mass is 9.92. The molecule has 1 saturated carbocycles. The van der Waals surface area contributed by atoms with Crippen LogP contribution < -0.4 is 5.73 Å². The fourth-order valence-corrected chi connectivity index (χ4v) is 2.23. The first-order chi connectivity index (χ1) is 7.54. The zero-order chi connectivity index (χ0) is 11.8. The summed E-state index contributed by atoms with van der Waals surface area (Å²) in [5.74, 6) is 0.609. The van der Waals surface area contributed by atoms with Crippen LogP contribution in [0.2, 0.25) is 0 Å². The Morgan fingerprint density at radius 2 is 1.94 bits per heavy atom. The summed E-state index contributed by atoms with van der Waals surface area (Å²) >= 11 is 0. The summed E-state index contributed by atoms with van der Waals surface area (Å²) in [5, 5.41) is 0. The van der Waals surface area contributed by atoms with Gasteiger partial charge in [-0.25, -0.2) is 0 Å². The molecule has 88 valence electrons. The van der Waals surface area contributed by atoms with Gasteiger partial charge in [0.2, 0.25) is 0 Å². The standard InChI is InChI=1S/C15H23N/c1-4-12-5-6-13(11(2)3)9-14(12)10-15(16)7-8-15/h5-6,9,11H,4,7-8,10,16H2,1-3H3. The predicted molar refractivity (Wildman–Crippen MR) is 69.8 cm³/mol. The first kappa shape index (κ1) is 11.7. The van der Waals surface area contributed by atoms with Gasteiger partial charge in [-0.15, -0.1) is 0 Å². The van der Waals surface area contributed by atoms with E-state index in [1.54, 1.807) is 0 Å². The lowest BCUT2D eigenvalue weighted by Crippen LogP contribution is -2.25. The molecule has 1 aliphatic rings. The van der Waals surface area contributed by atoms with Crippen LogP contribution in [0.5, 0.6) is 0 Å². The second kappa shape index (κ2) is 4.21. The van der Waals surface area contributed by atoms with Gasteiger partial charge in [-0.1, -0.05) is 39.0 Å². The Morgan fingerprint density at radius 3 is 2.44 bits per heavy atom. The molecule has 16 heavy (non-hydrogen) atoms. The number of benzene rings is 1. The zero-order valence-electron chi connectivity index (χ0n) is 10.7. The van der Waals surface area contributed by atoms with Crippen molar-refractivity contribution in [2.24, 2.45) is 5.73 Å². The van der Waals surface area contributed by atoms with Crippen molar-refractivity contribution in [2.75, 3.05) is 0 Å². The van der Waals surface area contributed by atoms with Gasteiger partial charge in [-0.2, -0.15) is 0 Å². The zero-order valence-corrected chi connectivity index (χ0v) is 10.7. The molecule has 1 fully saturated rings. The molecular weight excluding hydrogens is 194 g/mol. The van der Waals surface area contributed by atoms with E-state index in [9.17, 15) is 0 Å². The summed E-state index contributed by atoms with van der Waals surface area (Å²) in [6.07, 6.45) is 4.57. The third-order valence-corrected chi connectivity index (χ3v) is 3.71. The largest absolute Gasteiger partial charge is 0.325 e. The maximum atomic E-state index is 6.23. The van der Waals surface area contributed by atoms with Gasteiger partial charge in [-0.3, -0.25) is 0 Å². The highest BCUT2D eigenvalue weighted by atomic mass is 14.8. The first-order valence-electron chi connectivity index (χ1n) is 6.44. The van der Waals surface area contributed by atoms with Crippen molar-refractivity contribution in [1.82, 2.24) is 0 Å². The predicted octanol–water partition coefficient (Wildman–Crippen LogP) is 3.41. The second-order valence-corrected chi connectivity index (χ2v) is 5.58. The Morgan fingerprint density at radius 1 is 1.25 bits per heavy atom. The SMILES string of the molecule is CCc1ccc(C(C)C)cc1CC1(N)CC1. The second-order valence-electron chi connectivity index (χ2n) is 5.58. The van der Waals surface area contributed by atoms with E-state index in [0.717, 1.165) is 12.8 Å².